The van der Waals surface area contributed by atoms with E-state index in [-0.39, 0.29) is 5.82 Å². The van der Waals surface area contributed by atoms with Crippen LogP contribution in [0.1, 0.15) is 45.1 Å². The third-order valence-electron chi connectivity index (χ3n) is 3.19. The number of anilines is 1. The maximum absolute atomic E-state index is 13.7. The first kappa shape index (κ1) is 15.0. The van der Waals surface area contributed by atoms with Gasteiger partial charge in [0.15, 0.2) is 0 Å². The first-order valence-corrected chi connectivity index (χ1v) is 6.94. The van der Waals surface area contributed by atoms with Crippen molar-refractivity contribution in [2.24, 2.45) is 0 Å². The average Bonchev–Trinajstić information content (AvgIpc) is 2.36. The van der Waals surface area contributed by atoms with Crippen molar-refractivity contribution in [3.8, 4) is 0 Å². The van der Waals surface area contributed by atoms with Crippen molar-refractivity contribution in [3.63, 3.8) is 0 Å². The lowest BCUT2D eigenvalue weighted by atomic mass is 10.1. The number of halogens is 1. The molecule has 3 heteroatoms. The molecule has 0 saturated carbocycles. The van der Waals surface area contributed by atoms with Crippen molar-refractivity contribution < 1.29 is 4.39 Å². The summed E-state index contributed by atoms with van der Waals surface area (Å²) in [7, 11) is 0. The zero-order valence-electron chi connectivity index (χ0n) is 11.6. The van der Waals surface area contributed by atoms with Crippen LogP contribution in [0.3, 0.4) is 0 Å². The van der Waals surface area contributed by atoms with Gasteiger partial charge in [0.2, 0.25) is 0 Å². The lowest BCUT2D eigenvalue weighted by Crippen LogP contribution is -2.26. The van der Waals surface area contributed by atoms with E-state index >= 15 is 0 Å². The predicted molar refractivity (Wildman–Crippen MR) is 75.9 cm³/mol. The normalized spacial score (nSPS) is 11.1. The Morgan fingerprint density at radius 3 is 2.22 bits per heavy atom. The molecule has 0 saturated heterocycles. The second-order valence-corrected chi connectivity index (χ2v) is 4.79. The van der Waals surface area contributed by atoms with Crippen LogP contribution in [0.4, 0.5) is 10.1 Å². The third-order valence-corrected chi connectivity index (χ3v) is 3.19. The highest BCUT2D eigenvalue weighted by Crippen LogP contribution is 2.18. The van der Waals surface area contributed by atoms with Gasteiger partial charge in [-0.3, -0.25) is 4.90 Å². The topological polar surface area (TPSA) is 29.3 Å². The standard InChI is InChI=1S/C15H25FN2/c1-3-5-10-18(11-6-4-2)12-13-14(16)8-7-9-15(13)17/h7-9H,3-6,10-12,17H2,1-2H3. The maximum Gasteiger partial charge on any atom is 0.129 e. The molecule has 1 rings (SSSR count). The lowest BCUT2D eigenvalue weighted by Gasteiger charge is -2.23. The molecular weight excluding hydrogens is 227 g/mol. The van der Waals surface area contributed by atoms with Gasteiger partial charge in [0.05, 0.1) is 0 Å². The number of nitrogens with zero attached hydrogens (tertiary/aromatic N) is 1. The number of rotatable bonds is 8. The van der Waals surface area contributed by atoms with Crippen LogP contribution >= 0.6 is 0 Å². The number of nitrogens with two attached hydrogens (primary N) is 1. The molecule has 2 N–H and O–H groups in total. The number of unbranched alkanes of at least 4 members (excludes halogenated alkanes) is 2. The maximum atomic E-state index is 13.7. The summed E-state index contributed by atoms with van der Waals surface area (Å²) in [5.74, 6) is -0.187. The molecule has 1 aromatic carbocycles. The van der Waals surface area contributed by atoms with E-state index in [2.05, 4.69) is 18.7 Å². The number of hydrogen-bond donors (Lipinski definition) is 1. The molecule has 0 amide bonds. The minimum atomic E-state index is -0.187. The van der Waals surface area contributed by atoms with E-state index in [4.69, 9.17) is 5.73 Å². The average molecular weight is 252 g/mol. The van der Waals surface area contributed by atoms with Crippen LogP contribution in [-0.4, -0.2) is 18.0 Å². The molecule has 0 fully saturated rings. The fourth-order valence-corrected chi connectivity index (χ4v) is 2.00. The van der Waals surface area contributed by atoms with E-state index < -0.39 is 0 Å². The summed E-state index contributed by atoms with van der Waals surface area (Å²) in [6, 6.07) is 4.93. The molecular formula is C15H25FN2. The summed E-state index contributed by atoms with van der Waals surface area (Å²) < 4.78 is 13.7. The van der Waals surface area contributed by atoms with Gasteiger partial charge in [0.1, 0.15) is 5.82 Å². The van der Waals surface area contributed by atoms with Crippen LogP contribution in [0.2, 0.25) is 0 Å². The van der Waals surface area contributed by atoms with E-state index in [1.54, 1.807) is 12.1 Å². The molecule has 0 aliphatic rings. The molecule has 102 valence electrons. The smallest absolute Gasteiger partial charge is 0.129 e. The Kier molecular flexibility index (Phi) is 6.73. The first-order chi connectivity index (χ1) is 8.69. The highest BCUT2D eigenvalue weighted by Gasteiger charge is 2.11. The molecule has 0 atom stereocenters. The van der Waals surface area contributed by atoms with E-state index in [0.717, 1.165) is 38.8 Å². The van der Waals surface area contributed by atoms with E-state index in [9.17, 15) is 4.39 Å². The number of hydrogen-bond acceptors (Lipinski definition) is 2. The highest BCUT2D eigenvalue weighted by atomic mass is 19.1. The zero-order valence-corrected chi connectivity index (χ0v) is 11.6. The highest BCUT2D eigenvalue weighted by molar-refractivity contribution is 5.47. The Morgan fingerprint density at radius 2 is 1.72 bits per heavy atom. The molecule has 0 bridgehead atoms. The summed E-state index contributed by atoms with van der Waals surface area (Å²) in [6.07, 6.45) is 4.63. The van der Waals surface area contributed by atoms with E-state index in [1.165, 1.54) is 6.07 Å². The lowest BCUT2D eigenvalue weighted by molar-refractivity contribution is 0.254. The van der Waals surface area contributed by atoms with Gasteiger partial charge in [-0.1, -0.05) is 32.8 Å². The molecule has 0 spiro atoms. The SMILES string of the molecule is CCCCN(CCCC)Cc1c(N)cccc1F. The summed E-state index contributed by atoms with van der Waals surface area (Å²) >= 11 is 0. The van der Waals surface area contributed by atoms with Crippen LogP contribution in [-0.2, 0) is 6.54 Å². The summed E-state index contributed by atoms with van der Waals surface area (Å²) in [6.45, 7) is 7.01. The van der Waals surface area contributed by atoms with Gasteiger partial charge in [-0.2, -0.15) is 0 Å². The fourth-order valence-electron chi connectivity index (χ4n) is 2.00. The van der Waals surface area contributed by atoms with Gasteiger partial charge in [0, 0.05) is 17.8 Å². The summed E-state index contributed by atoms with van der Waals surface area (Å²) in [5.41, 5.74) is 7.07. The van der Waals surface area contributed by atoms with Crippen molar-refractivity contribution in [1.29, 1.82) is 0 Å². The van der Waals surface area contributed by atoms with Crippen molar-refractivity contribution in [3.05, 3.63) is 29.6 Å². The molecule has 0 unspecified atom stereocenters. The van der Waals surface area contributed by atoms with Crippen LogP contribution in [0, 0.1) is 5.82 Å². The molecule has 0 radical (unpaired) electrons. The molecule has 1 aromatic rings. The van der Waals surface area contributed by atoms with E-state index in [0.29, 0.717) is 17.8 Å². The molecule has 2 nitrogen and oxygen atoms in total. The minimum Gasteiger partial charge on any atom is -0.398 e. The van der Waals surface area contributed by atoms with Gasteiger partial charge in [-0.25, -0.2) is 4.39 Å². The third kappa shape index (κ3) is 4.65. The molecule has 0 aliphatic heterocycles. The van der Waals surface area contributed by atoms with Gasteiger partial charge in [0.25, 0.3) is 0 Å². The fraction of sp³-hybridized carbons (Fsp3) is 0.600. The Hall–Kier alpha value is -1.09. The van der Waals surface area contributed by atoms with Crippen LogP contribution in [0.5, 0.6) is 0 Å². The Labute approximate surface area is 110 Å². The van der Waals surface area contributed by atoms with Crippen molar-refractivity contribution in [1.82, 2.24) is 4.90 Å². The van der Waals surface area contributed by atoms with E-state index in [1.807, 2.05) is 0 Å². The van der Waals surface area contributed by atoms with Crippen molar-refractivity contribution >= 4 is 5.69 Å². The summed E-state index contributed by atoms with van der Waals surface area (Å²) in [4.78, 5) is 2.31. The van der Waals surface area contributed by atoms with Gasteiger partial charge < -0.3 is 5.73 Å². The summed E-state index contributed by atoms with van der Waals surface area (Å²) in [5, 5.41) is 0. The van der Waals surface area contributed by atoms with Crippen LogP contribution in [0.15, 0.2) is 18.2 Å². The monoisotopic (exact) mass is 252 g/mol. The van der Waals surface area contributed by atoms with Crippen LogP contribution in [0.25, 0.3) is 0 Å². The zero-order chi connectivity index (χ0) is 13.4. The van der Waals surface area contributed by atoms with Gasteiger partial charge in [-0.15, -0.1) is 0 Å². The molecule has 0 aliphatic carbocycles. The largest absolute Gasteiger partial charge is 0.398 e. The Morgan fingerprint density at radius 1 is 1.11 bits per heavy atom. The van der Waals surface area contributed by atoms with Gasteiger partial charge in [-0.05, 0) is 38.1 Å². The van der Waals surface area contributed by atoms with Crippen LogP contribution < -0.4 is 5.73 Å². The van der Waals surface area contributed by atoms with Gasteiger partial charge >= 0.3 is 0 Å². The minimum absolute atomic E-state index is 0.187. The Bertz CT molecular complexity index is 324. The second-order valence-electron chi connectivity index (χ2n) is 4.79. The van der Waals surface area contributed by atoms with Crippen molar-refractivity contribution in [2.45, 2.75) is 46.1 Å². The number of benzene rings is 1. The van der Waals surface area contributed by atoms with Crippen molar-refractivity contribution in [2.75, 3.05) is 18.8 Å². The predicted octanol–water partition coefficient (Wildman–Crippen LogP) is 3.81. The Balaban J connectivity index is 2.68. The number of nitrogen functional groups attached to an aromatic ring is 1. The first-order valence-electron chi connectivity index (χ1n) is 6.94. The molecule has 18 heavy (non-hydrogen) atoms. The quantitative estimate of drug-likeness (QED) is 0.713. The molecule has 0 aromatic heterocycles. The second kappa shape index (κ2) is 8.09. The molecule has 0 heterocycles.